The molecule has 0 fully saturated rings. The third-order valence-electron chi connectivity index (χ3n) is 3.58. The largest absolute Gasteiger partial charge is 0.496 e. The number of carbonyl (C=O) groups is 1. The number of nitrogens with zero attached hydrogens (tertiary/aromatic N) is 2. The second-order valence-electron chi connectivity index (χ2n) is 5.40. The van der Waals surface area contributed by atoms with Gasteiger partial charge in [-0.2, -0.15) is 4.39 Å². The van der Waals surface area contributed by atoms with Gasteiger partial charge in [0.05, 0.1) is 12.0 Å². The molecule has 0 aliphatic heterocycles. The number of amides is 1. The fourth-order valence-electron chi connectivity index (χ4n) is 2.36. The van der Waals surface area contributed by atoms with Crippen LogP contribution in [0.25, 0.3) is 0 Å². The number of rotatable bonds is 5. The van der Waals surface area contributed by atoms with E-state index in [-0.39, 0.29) is 12.1 Å². The zero-order valence-electron chi connectivity index (χ0n) is 13.6. The van der Waals surface area contributed by atoms with Gasteiger partial charge in [0, 0.05) is 30.8 Å². The molecule has 0 aromatic heterocycles. The third-order valence-corrected chi connectivity index (χ3v) is 3.58. The van der Waals surface area contributed by atoms with Crippen LogP contribution >= 0.6 is 0 Å². The van der Waals surface area contributed by atoms with Gasteiger partial charge in [-0.3, -0.25) is 14.9 Å². The van der Waals surface area contributed by atoms with Crippen LogP contribution in [0.3, 0.4) is 0 Å². The van der Waals surface area contributed by atoms with Gasteiger partial charge in [0.2, 0.25) is 5.82 Å². The molecule has 0 radical (unpaired) electrons. The molecule has 24 heavy (non-hydrogen) atoms. The van der Waals surface area contributed by atoms with Gasteiger partial charge in [-0.15, -0.1) is 0 Å². The minimum atomic E-state index is -0.973. The fraction of sp³-hybridized carbons (Fsp3) is 0.235. The number of ether oxygens (including phenoxy) is 1. The minimum Gasteiger partial charge on any atom is -0.496 e. The number of benzene rings is 2. The van der Waals surface area contributed by atoms with E-state index in [2.05, 4.69) is 0 Å². The van der Waals surface area contributed by atoms with E-state index in [0.717, 1.165) is 23.3 Å². The maximum absolute atomic E-state index is 13.4. The maximum Gasteiger partial charge on any atom is 0.305 e. The highest BCUT2D eigenvalue weighted by Crippen LogP contribution is 2.23. The molecule has 2 rings (SSSR count). The van der Waals surface area contributed by atoms with Crippen molar-refractivity contribution in [2.45, 2.75) is 13.5 Å². The number of carbonyl (C=O) groups excluding carboxylic acids is 1. The number of methoxy groups -OCH3 is 1. The van der Waals surface area contributed by atoms with Crippen LogP contribution in [0.15, 0.2) is 36.4 Å². The molecule has 2 aromatic rings. The van der Waals surface area contributed by atoms with E-state index in [1.165, 1.54) is 11.0 Å². The highest BCUT2D eigenvalue weighted by atomic mass is 19.1. The SMILES string of the molecule is COc1ccc(C)cc1CN(C)C(=O)c1ccc(F)c([N+](=O)[O-])c1. The smallest absolute Gasteiger partial charge is 0.305 e. The lowest BCUT2D eigenvalue weighted by atomic mass is 10.1. The number of aryl methyl sites for hydroxylation is 1. The standard InChI is InChI=1S/C17H17FN2O4/c1-11-4-7-16(24-3)13(8-11)10-19(2)17(21)12-5-6-14(18)15(9-12)20(22)23/h4-9H,10H2,1-3H3. The number of nitro benzene ring substituents is 1. The molecule has 0 spiro atoms. The molecule has 0 saturated carbocycles. The van der Waals surface area contributed by atoms with Crippen molar-refractivity contribution in [3.05, 3.63) is 69.0 Å². The summed E-state index contributed by atoms with van der Waals surface area (Å²) >= 11 is 0. The van der Waals surface area contributed by atoms with Crippen LogP contribution in [0.1, 0.15) is 21.5 Å². The number of halogens is 1. The summed E-state index contributed by atoms with van der Waals surface area (Å²) in [6, 6.07) is 8.71. The van der Waals surface area contributed by atoms with E-state index in [9.17, 15) is 19.3 Å². The zero-order chi connectivity index (χ0) is 17.9. The highest BCUT2D eigenvalue weighted by molar-refractivity contribution is 5.94. The molecule has 0 saturated heterocycles. The van der Waals surface area contributed by atoms with E-state index in [0.29, 0.717) is 5.75 Å². The van der Waals surface area contributed by atoms with Crippen LogP contribution in [0.5, 0.6) is 5.75 Å². The topological polar surface area (TPSA) is 72.7 Å². The molecule has 0 atom stereocenters. The van der Waals surface area contributed by atoms with Gasteiger partial charge in [-0.25, -0.2) is 0 Å². The summed E-state index contributed by atoms with van der Waals surface area (Å²) in [5, 5.41) is 10.8. The molecule has 0 bridgehead atoms. The highest BCUT2D eigenvalue weighted by Gasteiger charge is 2.20. The molecule has 0 N–H and O–H groups in total. The van der Waals surface area contributed by atoms with E-state index in [1.54, 1.807) is 14.2 Å². The summed E-state index contributed by atoms with van der Waals surface area (Å²) in [5.41, 5.74) is 1.16. The van der Waals surface area contributed by atoms with Crippen LogP contribution in [-0.4, -0.2) is 29.9 Å². The molecule has 126 valence electrons. The first-order valence-electron chi connectivity index (χ1n) is 7.16. The lowest BCUT2D eigenvalue weighted by molar-refractivity contribution is -0.387. The normalized spacial score (nSPS) is 10.3. The minimum absolute atomic E-state index is 0.0530. The molecular formula is C17H17FN2O4. The van der Waals surface area contributed by atoms with Crippen molar-refractivity contribution in [2.75, 3.05) is 14.2 Å². The molecule has 0 aliphatic carbocycles. The van der Waals surface area contributed by atoms with Crippen molar-refractivity contribution >= 4 is 11.6 Å². The first kappa shape index (κ1) is 17.4. The number of hydrogen-bond donors (Lipinski definition) is 0. The van der Waals surface area contributed by atoms with Gasteiger partial charge in [0.25, 0.3) is 5.91 Å². The fourth-order valence-corrected chi connectivity index (χ4v) is 2.36. The molecule has 0 heterocycles. The Morgan fingerprint density at radius 3 is 2.62 bits per heavy atom. The van der Waals surface area contributed by atoms with Crippen LogP contribution in [0, 0.1) is 22.9 Å². The van der Waals surface area contributed by atoms with Gasteiger partial charge in [-0.1, -0.05) is 17.7 Å². The average molecular weight is 332 g/mol. The Balaban J connectivity index is 2.26. The van der Waals surface area contributed by atoms with Crippen LogP contribution in [0.4, 0.5) is 10.1 Å². The van der Waals surface area contributed by atoms with E-state index in [4.69, 9.17) is 4.74 Å². The first-order chi connectivity index (χ1) is 11.3. The Labute approximate surface area is 138 Å². The molecule has 1 amide bonds. The summed E-state index contributed by atoms with van der Waals surface area (Å²) in [6.07, 6.45) is 0. The van der Waals surface area contributed by atoms with Crippen molar-refractivity contribution in [1.29, 1.82) is 0 Å². The molecule has 0 aliphatic rings. The van der Waals surface area contributed by atoms with Gasteiger partial charge in [-0.05, 0) is 25.1 Å². The van der Waals surface area contributed by atoms with Crippen LogP contribution in [-0.2, 0) is 6.54 Å². The number of nitro groups is 1. The molecule has 7 heteroatoms. The lowest BCUT2D eigenvalue weighted by Gasteiger charge is -2.19. The molecule has 6 nitrogen and oxygen atoms in total. The van der Waals surface area contributed by atoms with Crippen LogP contribution < -0.4 is 4.74 Å². The van der Waals surface area contributed by atoms with Gasteiger partial charge < -0.3 is 9.64 Å². The third kappa shape index (κ3) is 3.68. The van der Waals surface area contributed by atoms with Crippen molar-refractivity contribution in [1.82, 2.24) is 4.90 Å². The summed E-state index contributed by atoms with van der Waals surface area (Å²) < 4.78 is 18.7. The average Bonchev–Trinajstić information content (AvgIpc) is 2.54. The van der Waals surface area contributed by atoms with Crippen molar-refractivity contribution in [3.8, 4) is 5.75 Å². The van der Waals surface area contributed by atoms with Gasteiger partial charge >= 0.3 is 5.69 Å². The van der Waals surface area contributed by atoms with Crippen molar-refractivity contribution in [2.24, 2.45) is 0 Å². The second-order valence-corrected chi connectivity index (χ2v) is 5.40. The summed E-state index contributed by atoms with van der Waals surface area (Å²) in [6.45, 7) is 2.18. The number of hydrogen-bond acceptors (Lipinski definition) is 4. The van der Waals surface area contributed by atoms with E-state index >= 15 is 0 Å². The predicted octanol–water partition coefficient (Wildman–Crippen LogP) is 3.32. The molecular weight excluding hydrogens is 315 g/mol. The molecule has 2 aromatic carbocycles. The van der Waals surface area contributed by atoms with Gasteiger partial charge in [0.15, 0.2) is 0 Å². The summed E-state index contributed by atoms with van der Waals surface area (Å²) in [4.78, 5) is 23.8. The Hall–Kier alpha value is -2.96. The summed E-state index contributed by atoms with van der Waals surface area (Å²) in [5.74, 6) is -0.772. The lowest BCUT2D eigenvalue weighted by Crippen LogP contribution is -2.26. The first-order valence-corrected chi connectivity index (χ1v) is 7.16. The van der Waals surface area contributed by atoms with E-state index < -0.39 is 22.3 Å². The van der Waals surface area contributed by atoms with Crippen LogP contribution in [0.2, 0.25) is 0 Å². The van der Waals surface area contributed by atoms with Crippen molar-refractivity contribution in [3.63, 3.8) is 0 Å². The Bertz CT molecular complexity index is 792. The Kier molecular flexibility index (Phi) is 5.13. The van der Waals surface area contributed by atoms with E-state index in [1.807, 2.05) is 25.1 Å². The zero-order valence-corrected chi connectivity index (χ0v) is 13.6. The Morgan fingerprint density at radius 2 is 2.00 bits per heavy atom. The monoisotopic (exact) mass is 332 g/mol. The maximum atomic E-state index is 13.4. The quantitative estimate of drug-likeness (QED) is 0.622. The second kappa shape index (κ2) is 7.08. The summed E-state index contributed by atoms with van der Waals surface area (Å²) in [7, 11) is 3.11. The van der Waals surface area contributed by atoms with Gasteiger partial charge in [0.1, 0.15) is 5.75 Å². The van der Waals surface area contributed by atoms with Crippen molar-refractivity contribution < 1.29 is 18.8 Å². The molecule has 0 unspecified atom stereocenters. The Morgan fingerprint density at radius 1 is 1.29 bits per heavy atom. The predicted molar refractivity (Wildman–Crippen MR) is 86.6 cm³/mol.